The number of rotatable bonds is 6. The molecule has 4 heteroatoms. The number of unbranched alkanes of at least 4 members (excludes halogenated alkanes) is 1. The topological polar surface area (TPSA) is 53.2 Å². The molecular weight excluding hydrogens is 370 g/mol. The average Bonchev–Trinajstić information content (AvgIpc) is 3.50. The second kappa shape index (κ2) is 9.55. The standard InChI is InChI=1S/C26H35N3O/c1-4-5-11-19-12-8-6-7-9-13-20-16-21(19)25(28-20)18(2)26-24(30-3)17-23(29-26)22-14-10-15-27-22/h10,14-17,19,27-28H,4-9,11-13H2,1-3H3/b26-18-. The van der Waals surface area contributed by atoms with E-state index >= 15 is 0 Å². The Balaban J connectivity index is 1.77. The number of aliphatic imine (C=N–C) groups is 1. The number of methoxy groups -OCH3 is 1. The number of hydrogen-bond donors (Lipinski definition) is 2. The largest absolute Gasteiger partial charge is 0.494 e. The van der Waals surface area contributed by atoms with Crippen molar-refractivity contribution < 1.29 is 4.74 Å². The van der Waals surface area contributed by atoms with Crippen LogP contribution < -0.4 is 0 Å². The number of aromatic nitrogens is 2. The molecule has 1 atom stereocenters. The maximum atomic E-state index is 5.73. The Bertz CT molecular complexity index is 943. The number of H-pyrrole nitrogens is 2. The predicted molar refractivity (Wildman–Crippen MR) is 125 cm³/mol. The summed E-state index contributed by atoms with van der Waals surface area (Å²) in [5.74, 6) is 1.47. The lowest BCUT2D eigenvalue weighted by Gasteiger charge is -2.19. The molecule has 2 aromatic rings. The van der Waals surface area contributed by atoms with E-state index in [0.29, 0.717) is 5.92 Å². The number of hydrogen-bond acceptors (Lipinski definition) is 2. The van der Waals surface area contributed by atoms with Gasteiger partial charge < -0.3 is 14.7 Å². The fourth-order valence-corrected chi connectivity index (χ4v) is 4.83. The van der Waals surface area contributed by atoms with Crippen molar-refractivity contribution in [1.29, 1.82) is 0 Å². The lowest BCUT2D eigenvalue weighted by Crippen LogP contribution is -2.03. The van der Waals surface area contributed by atoms with Crippen molar-refractivity contribution >= 4 is 11.3 Å². The van der Waals surface area contributed by atoms with Crippen LogP contribution >= 0.6 is 0 Å². The van der Waals surface area contributed by atoms with Crippen LogP contribution in [0.15, 0.2) is 46.9 Å². The van der Waals surface area contributed by atoms with Gasteiger partial charge in [-0.2, -0.15) is 0 Å². The summed E-state index contributed by atoms with van der Waals surface area (Å²) in [5, 5.41) is 0. The molecule has 4 rings (SSSR count). The molecule has 4 nitrogen and oxygen atoms in total. The fourth-order valence-electron chi connectivity index (χ4n) is 4.83. The summed E-state index contributed by atoms with van der Waals surface area (Å²) in [7, 11) is 1.74. The van der Waals surface area contributed by atoms with Crippen molar-refractivity contribution in [2.45, 2.75) is 77.6 Å². The molecule has 0 amide bonds. The van der Waals surface area contributed by atoms with E-state index in [-0.39, 0.29) is 0 Å². The Hall–Kier alpha value is -2.49. The molecule has 3 heterocycles. The third-order valence-corrected chi connectivity index (χ3v) is 6.56. The van der Waals surface area contributed by atoms with Gasteiger partial charge >= 0.3 is 0 Å². The molecule has 160 valence electrons. The Labute approximate surface area is 180 Å². The monoisotopic (exact) mass is 405 g/mol. The fraction of sp³-hybridized carbons (Fsp3) is 0.500. The van der Waals surface area contributed by atoms with Crippen molar-refractivity contribution in [3.63, 3.8) is 0 Å². The molecule has 2 aromatic heterocycles. The van der Waals surface area contributed by atoms with E-state index in [4.69, 9.17) is 9.73 Å². The summed E-state index contributed by atoms with van der Waals surface area (Å²) < 4.78 is 5.73. The van der Waals surface area contributed by atoms with Gasteiger partial charge in [0.25, 0.3) is 0 Å². The van der Waals surface area contributed by atoms with Crippen LogP contribution in [-0.2, 0) is 11.2 Å². The number of ether oxygens (including phenoxy) is 1. The van der Waals surface area contributed by atoms with Gasteiger partial charge in [-0.15, -0.1) is 0 Å². The van der Waals surface area contributed by atoms with Crippen LogP contribution in [0.5, 0.6) is 0 Å². The van der Waals surface area contributed by atoms with Crippen LogP contribution in [0.4, 0.5) is 0 Å². The van der Waals surface area contributed by atoms with Crippen LogP contribution in [0, 0.1) is 0 Å². The van der Waals surface area contributed by atoms with E-state index in [1.807, 2.05) is 18.3 Å². The summed E-state index contributed by atoms with van der Waals surface area (Å²) >= 11 is 0. The minimum atomic E-state index is 0.627. The van der Waals surface area contributed by atoms with Crippen LogP contribution in [0.25, 0.3) is 5.57 Å². The molecule has 1 unspecified atom stereocenters. The number of nitrogens with zero attached hydrogens (tertiary/aromatic N) is 1. The zero-order valence-corrected chi connectivity index (χ0v) is 18.7. The van der Waals surface area contributed by atoms with Gasteiger partial charge in [0.2, 0.25) is 0 Å². The summed E-state index contributed by atoms with van der Waals surface area (Å²) in [6.45, 7) is 4.49. The molecule has 0 saturated carbocycles. The van der Waals surface area contributed by atoms with Crippen molar-refractivity contribution in [2.75, 3.05) is 7.11 Å². The van der Waals surface area contributed by atoms with Gasteiger partial charge in [-0.05, 0) is 62.3 Å². The summed E-state index contributed by atoms with van der Waals surface area (Å²) in [6, 6.07) is 6.50. The van der Waals surface area contributed by atoms with E-state index < -0.39 is 0 Å². The van der Waals surface area contributed by atoms with Crippen molar-refractivity contribution in [1.82, 2.24) is 9.97 Å². The molecule has 1 aliphatic carbocycles. The van der Waals surface area contributed by atoms with E-state index in [9.17, 15) is 0 Å². The molecule has 0 radical (unpaired) electrons. The highest BCUT2D eigenvalue weighted by Crippen LogP contribution is 2.38. The van der Waals surface area contributed by atoms with Crippen LogP contribution in [-0.4, -0.2) is 22.8 Å². The zero-order chi connectivity index (χ0) is 20.9. The molecule has 2 N–H and O–H groups in total. The van der Waals surface area contributed by atoms with E-state index in [1.165, 1.54) is 73.9 Å². The Morgan fingerprint density at radius 2 is 2.10 bits per heavy atom. The predicted octanol–water partition coefficient (Wildman–Crippen LogP) is 6.89. The quantitative estimate of drug-likeness (QED) is 0.540. The third-order valence-electron chi connectivity index (χ3n) is 6.56. The first-order valence-corrected chi connectivity index (χ1v) is 11.6. The molecule has 2 aliphatic rings. The number of allylic oxidation sites excluding steroid dienone is 2. The minimum absolute atomic E-state index is 0.627. The molecule has 0 fully saturated rings. The highest BCUT2D eigenvalue weighted by atomic mass is 16.5. The normalized spacial score (nSPS) is 21.2. The van der Waals surface area contributed by atoms with Crippen molar-refractivity contribution in [2.24, 2.45) is 4.99 Å². The van der Waals surface area contributed by atoms with Crippen LogP contribution in [0.3, 0.4) is 0 Å². The number of nitrogens with one attached hydrogen (secondary N) is 2. The van der Waals surface area contributed by atoms with Gasteiger partial charge in [-0.1, -0.05) is 39.0 Å². The second-order valence-corrected chi connectivity index (χ2v) is 8.68. The van der Waals surface area contributed by atoms with Crippen LogP contribution in [0.1, 0.15) is 93.8 Å². The Morgan fingerprint density at radius 3 is 2.87 bits per heavy atom. The second-order valence-electron chi connectivity index (χ2n) is 8.68. The summed E-state index contributed by atoms with van der Waals surface area (Å²) in [6.07, 6.45) is 15.5. The smallest absolute Gasteiger partial charge is 0.147 e. The SMILES string of the molecule is CCCCC1CCCCCCc2cc1c(/C(C)=C1\N=C(c3ccc[nH]3)C=C1OC)[nH]2. The van der Waals surface area contributed by atoms with Gasteiger partial charge in [0.05, 0.1) is 18.5 Å². The highest BCUT2D eigenvalue weighted by molar-refractivity contribution is 6.11. The lowest BCUT2D eigenvalue weighted by molar-refractivity contribution is 0.302. The number of fused-ring (bicyclic) bond motifs is 2. The van der Waals surface area contributed by atoms with E-state index in [2.05, 4.69) is 35.9 Å². The summed E-state index contributed by atoms with van der Waals surface area (Å²) in [5.41, 5.74) is 8.21. The average molecular weight is 406 g/mol. The highest BCUT2D eigenvalue weighted by Gasteiger charge is 2.25. The molecule has 2 bridgehead atoms. The Morgan fingerprint density at radius 1 is 1.23 bits per heavy atom. The maximum Gasteiger partial charge on any atom is 0.147 e. The van der Waals surface area contributed by atoms with Crippen molar-refractivity contribution in [3.05, 3.63) is 64.6 Å². The molecular formula is C26H35N3O. The molecule has 0 spiro atoms. The van der Waals surface area contributed by atoms with E-state index in [0.717, 1.165) is 29.3 Å². The van der Waals surface area contributed by atoms with Gasteiger partial charge in [0.15, 0.2) is 0 Å². The molecule has 0 aromatic carbocycles. The maximum absolute atomic E-state index is 5.73. The first-order chi connectivity index (χ1) is 14.7. The van der Waals surface area contributed by atoms with E-state index in [1.54, 1.807) is 7.11 Å². The van der Waals surface area contributed by atoms with Gasteiger partial charge in [0.1, 0.15) is 11.5 Å². The molecule has 1 aliphatic heterocycles. The van der Waals surface area contributed by atoms with Crippen molar-refractivity contribution in [3.8, 4) is 0 Å². The van der Waals surface area contributed by atoms with Gasteiger partial charge in [-0.25, -0.2) is 4.99 Å². The molecule has 30 heavy (non-hydrogen) atoms. The zero-order valence-electron chi connectivity index (χ0n) is 18.7. The number of aryl methyl sites for hydroxylation is 1. The first-order valence-electron chi connectivity index (χ1n) is 11.6. The first kappa shape index (κ1) is 20.8. The Kier molecular flexibility index (Phi) is 6.61. The minimum Gasteiger partial charge on any atom is -0.494 e. The summed E-state index contributed by atoms with van der Waals surface area (Å²) in [4.78, 5) is 12.0. The third kappa shape index (κ3) is 4.33. The van der Waals surface area contributed by atoms with Crippen LogP contribution in [0.2, 0.25) is 0 Å². The number of aromatic amines is 2. The molecule has 0 saturated heterocycles. The van der Waals surface area contributed by atoms with Gasteiger partial charge in [0, 0.05) is 29.2 Å². The van der Waals surface area contributed by atoms with Gasteiger partial charge in [-0.3, -0.25) is 0 Å². The lowest BCUT2D eigenvalue weighted by atomic mass is 9.86.